The van der Waals surface area contributed by atoms with Gasteiger partial charge >= 0.3 is 11.8 Å². The van der Waals surface area contributed by atoms with Crippen molar-refractivity contribution >= 4 is 18.0 Å². The van der Waals surface area contributed by atoms with E-state index in [2.05, 4.69) is 15.8 Å². The van der Waals surface area contributed by atoms with Crippen LogP contribution >= 0.6 is 0 Å². The Balaban J connectivity index is 1.89. The molecule has 0 aliphatic heterocycles. The minimum absolute atomic E-state index is 0.168. The van der Waals surface area contributed by atoms with Gasteiger partial charge in [0.15, 0.2) is 0 Å². The molecule has 0 atom stereocenters. The molecule has 1 aliphatic rings. The molecule has 0 heterocycles. The molecule has 2 rings (SSSR count). The monoisotopic (exact) mass is 259 g/mol. The van der Waals surface area contributed by atoms with Gasteiger partial charge in [-0.1, -0.05) is 23.8 Å². The first-order chi connectivity index (χ1) is 9.06. The van der Waals surface area contributed by atoms with E-state index in [0.29, 0.717) is 0 Å². The van der Waals surface area contributed by atoms with Crippen molar-refractivity contribution in [1.29, 1.82) is 0 Å². The van der Waals surface area contributed by atoms with Crippen LogP contribution in [-0.2, 0) is 9.59 Å². The highest BCUT2D eigenvalue weighted by molar-refractivity contribution is 6.35. The van der Waals surface area contributed by atoms with Gasteiger partial charge in [0, 0.05) is 6.04 Å². The van der Waals surface area contributed by atoms with E-state index >= 15 is 0 Å². The number of hydrogen-bond acceptors (Lipinski definition) is 3. The van der Waals surface area contributed by atoms with Gasteiger partial charge in [0.25, 0.3) is 0 Å². The average Bonchev–Trinajstić information content (AvgIpc) is 3.17. The Bertz CT molecular complexity index is 533. The molecule has 2 N–H and O–H groups in total. The van der Waals surface area contributed by atoms with E-state index in [-0.39, 0.29) is 6.04 Å². The minimum Gasteiger partial charge on any atom is -0.345 e. The van der Waals surface area contributed by atoms with Gasteiger partial charge in [-0.3, -0.25) is 9.59 Å². The van der Waals surface area contributed by atoms with Crippen LogP contribution in [0.25, 0.3) is 0 Å². The van der Waals surface area contributed by atoms with Crippen molar-refractivity contribution in [1.82, 2.24) is 10.7 Å². The summed E-state index contributed by atoms with van der Waals surface area (Å²) in [6.07, 6.45) is 3.44. The molecule has 0 radical (unpaired) electrons. The molecule has 0 aromatic heterocycles. The molecular weight excluding hydrogens is 242 g/mol. The highest BCUT2D eigenvalue weighted by Crippen LogP contribution is 2.18. The van der Waals surface area contributed by atoms with Crippen molar-refractivity contribution in [3.63, 3.8) is 0 Å². The molecular formula is C14H17N3O2. The molecule has 5 nitrogen and oxygen atoms in total. The van der Waals surface area contributed by atoms with Crippen LogP contribution in [0.2, 0.25) is 0 Å². The van der Waals surface area contributed by atoms with E-state index in [1.165, 1.54) is 0 Å². The summed E-state index contributed by atoms with van der Waals surface area (Å²) in [5.41, 5.74) is 5.33. The summed E-state index contributed by atoms with van der Waals surface area (Å²) in [6, 6.07) is 6.13. The molecule has 0 bridgehead atoms. The van der Waals surface area contributed by atoms with Gasteiger partial charge in [-0.25, -0.2) is 5.43 Å². The van der Waals surface area contributed by atoms with Crippen molar-refractivity contribution < 1.29 is 9.59 Å². The zero-order valence-corrected chi connectivity index (χ0v) is 11.1. The van der Waals surface area contributed by atoms with Crippen molar-refractivity contribution in [3.8, 4) is 0 Å². The lowest BCUT2D eigenvalue weighted by Crippen LogP contribution is -2.38. The SMILES string of the molecule is Cc1ccc(C)c(/C=N\NC(=O)C(=O)NC2CC2)c1. The van der Waals surface area contributed by atoms with Gasteiger partial charge in [0.2, 0.25) is 0 Å². The molecule has 0 spiro atoms. The number of nitrogens with zero attached hydrogens (tertiary/aromatic N) is 1. The van der Waals surface area contributed by atoms with Crippen LogP contribution in [0, 0.1) is 13.8 Å². The van der Waals surface area contributed by atoms with Crippen molar-refractivity contribution in [2.45, 2.75) is 32.7 Å². The maximum atomic E-state index is 11.4. The largest absolute Gasteiger partial charge is 0.345 e. The zero-order valence-electron chi connectivity index (χ0n) is 11.1. The molecule has 100 valence electrons. The van der Waals surface area contributed by atoms with E-state index in [1.54, 1.807) is 6.21 Å². The number of hydrazone groups is 1. The molecule has 1 aliphatic carbocycles. The Kier molecular flexibility index (Phi) is 3.94. The second kappa shape index (κ2) is 5.65. The van der Waals surface area contributed by atoms with Crippen LogP contribution in [0.4, 0.5) is 0 Å². The number of carbonyl (C=O) groups is 2. The summed E-state index contributed by atoms with van der Waals surface area (Å²) in [5, 5.41) is 6.40. The van der Waals surface area contributed by atoms with Crippen LogP contribution in [-0.4, -0.2) is 24.1 Å². The average molecular weight is 259 g/mol. The molecule has 1 saturated carbocycles. The number of aryl methyl sites for hydroxylation is 2. The van der Waals surface area contributed by atoms with Crippen LogP contribution in [0.3, 0.4) is 0 Å². The fraction of sp³-hybridized carbons (Fsp3) is 0.357. The highest BCUT2D eigenvalue weighted by atomic mass is 16.2. The van der Waals surface area contributed by atoms with Gasteiger partial charge in [-0.05, 0) is 37.8 Å². The van der Waals surface area contributed by atoms with Gasteiger partial charge in [0.1, 0.15) is 0 Å². The van der Waals surface area contributed by atoms with E-state index in [0.717, 1.165) is 29.5 Å². The second-order valence-corrected chi connectivity index (χ2v) is 4.81. The topological polar surface area (TPSA) is 70.6 Å². The van der Waals surface area contributed by atoms with Crippen molar-refractivity contribution in [2.75, 3.05) is 0 Å². The molecule has 1 fully saturated rings. The first kappa shape index (κ1) is 13.3. The lowest BCUT2D eigenvalue weighted by Gasteiger charge is -2.02. The van der Waals surface area contributed by atoms with Crippen LogP contribution < -0.4 is 10.7 Å². The predicted molar refractivity (Wildman–Crippen MR) is 72.8 cm³/mol. The normalized spacial score (nSPS) is 14.4. The molecule has 0 unspecified atom stereocenters. The van der Waals surface area contributed by atoms with E-state index in [1.807, 2.05) is 32.0 Å². The maximum Gasteiger partial charge on any atom is 0.329 e. The lowest BCUT2D eigenvalue weighted by molar-refractivity contribution is -0.139. The van der Waals surface area contributed by atoms with E-state index < -0.39 is 11.8 Å². The Morgan fingerprint density at radius 3 is 2.68 bits per heavy atom. The second-order valence-electron chi connectivity index (χ2n) is 4.81. The summed E-state index contributed by atoms with van der Waals surface area (Å²) in [6.45, 7) is 3.95. The molecule has 1 aromatic carbocycles. The first-order valence-electron chi connectivity index (χ1n) is 6.27. The molecule has 0 saturated heterocycles. The summed E-state index contributed by atoms with van der Waals surface area (Å²) >= 11 is 0. The lowest BCUT2D eigenvalue weighted by atomic mass is 10.1. The molecule has 2 amide bonds. The summed E-state index contributed by atoms with van der Waals surface area (Å²) in [4.78, 5) is 22.8. The van der Waals surface area contributed by atoms with Crippen LogP contribution in [0.1, 0.15) is 29.5 Å². The Hall–Kier alpha value is -2.17. The fourth-order valence-electron chi connectivity index (χ4n) is 1.59. The summed E-state index contributed by atoms with van der Waals surface area (Å²) in [7, 11) is 0. The maximum absolute atomic E-state index is 11.4. The molecule has 1 aromatic rings. The quantitative estimate of drug-likeness (QED) is 0.483. The highest BCUT2D eigenvalue weighted by Gasteiger charge is 2.26. The Labute approximate surface area is 112 Å². The van der Waals surface area contributed by atoms with E-state index in [4.69, 9.17) is 0 Å². The zero-order chi connectivity index (χ0) is 13.8. The van der Waals surface area contributed by atoms with Crippen LogP contribution in [0.15, 0.2) is 23.3 Å². The molecule has 19 heavy (non-hydrogen) atoms. The van der Waals surface area contributed by atoms with E-state index in [9.17, 15) is 9.59 Å². The number of rotatable bonds is 3. The standard InChI is InChI=1S/C14H17N3O2/c1-9-3-4-10(2)11(7-9)8-15-17-14(19)13(18)16-12-5-6-12/h3-4,7-8,12H,5-6H2,1-2H3,(H,16,18)(H,17,19)/b15-8-. The third-order valence-corrected chi connectivity index (χ3v) is 2.92. The molecule has 5 heteroatoms. The van der Waals surface area contributed by atoms with Crippen molar-refractivity contribution in [2.24, 2.45) is 5.10 Å². The Morgan fingerprint density at radius 2 is 2.00 bits per heavy atom. The first-order valence-corrected chi connectivity index (χ1v) is 6.27. The van der Waals surface area contributed by atoms with Crippen LogP contribution in [0.5, 0.6) is 0 Å². The van der Waals surface area contributed by atoms with Gasteiger partial charge in [-0.15, -0.1) is 0 Å². The van der Waals surface area contributed by atoms with Crippen molar-refractivity contribution in [3.05, 3.63) is 34.9 Å². The number of benzene rings is 1. The van der Waals surface area contributed by atoms with Gasteiger partial charge < -0.3 is 5.32 Å². The number of hydrogen-bond donors (Lipinski definition) is 2. The third-order valence-electron chi connectivity index (χ3n) is 2.92. The smallest absolute Gasteiger partial charge is 0.329 e. The van der Waals surface area contributed by atoms with Gasteiger partial charge in [0.05, 0.1) is 6.21 Å². The minimum atomic E-state index is -0.728. The van der Waals surface area contributed by atoms with Gasteiger partial charge in [-0.2, -0.15) is 5.10 Å². The number of nitrogens with one attached hydrogen (secondary N) is 2. The number of amides is 2. The summed E-state index contributed by atoms with van der Waals surface area (Å²) in [5.74, 6) is -1.35. The Morgan fingerprint density at radius 1 is 1.26 bits per heavy atom. The predicted octanol–water partition coefficient (Wildman–Crippen LogP) is 1.03. The fourth-order valence-corrected chi connectivity index (χ4v) is 1.59. The third kappa shape index (κ3) is 3.91. The number of carbonyl (C=O) groups excluding carboxylic acids is 2. The summed E-state index contributed by atoms with van der Waals surface area (Å²) < 4.78 is 0.